The van der Waals surface area contributed by atoms with Crippen LogP contribution in [0.5, 0.6) is 5.75 Å². The number of carboxylic acids is 1. The van der Waals surface area contributed by atoms with Gasteiger partial charge in [0.15, 0.2) is 28.7 Å². The van der Waals surface area contributed by atoms with E-state index in [1.807, 2.05) is 0 Å². The van der Waals surface area contributed by atoms with E-state index in [0.29, 0.717) is 12.0 Å². The molecule has 5 atom stereocenters. The molecule has 0 bridgehead atoms. The fraction of sp³-hybridized carbons (Fsp3) is 0.447. The zero-order chi connectivity index (χ0) is 39.3. The quantitative estimate of drug-likeness (QED) is 0.0257. The SMILES string of the molecule is C#C[C@]1(CO[P@@](=O)(N[C@@H](Cc2ccccc2)C(=O)O)Oc2ccccc2)O[C@@H](n2cnc3c(N)nc(F)nc32)C[C@@H]1OC(=O)OCCCCCCCCCC. The van der Waals surface area contributed by atoms with Crippen molar-refractivity contribution in [2.45, 2.75) is 95.1 Å². The van der Waals surface area contributed by atoms with E-state index in [1.54, 1.807) is 48.5 Å². The van der Waals surface area contributed by atoms with Gasteiger partial charge in [0.2, 0.25) is 0 Å². The number of imidazole rings is 1. The van der Waals surface area contributed by atoms with Crippen LogP contribution in [0.4, 0.5) is 15.0 Å². The molecule has 0 aliphatic carbocycles. The third-order valence-corrected chi connectivity index (χ3v) is 10.6. The highest BCUT2D eigenvalue weighted by molar-refractivity contribution is 7.52. The van der Waals surface area contributed by atoms with Crippen LogP contribution < -0.4 is 15.3 Å². The number of nitrogens with one attached hydrogen (secondary N) is 1. The fourth-order valence-electron chi connectivity index (χ4n) is 6.13. The van der Waals surface area contributed by atoms with Crippen LogP contribution in [0, 0.1) is 18.4 Å². The Kier molecular flexibility index (Phi) is 14.6. The number of halogens is 1. The molecule has 55 heavy (non-hydrogen) atoms. The van der Waals surface area contributed by atoms with Crippen LogP contribution in [0.2, 0.25) is 0 Å². The van der Waals surface area contributed by atoms with Gasteiger partial charge in [0.05, 0.1) is 12.9 Å². The summed E-state index contributed by atoms with van der Waals surface area (Å²) in [6, 6.07) is 15.3. The summed E-state index contributed by atoms with van der Waals surface area (Å²) in [5, 5.41) is 12.7. The number of aromatic nitrogens is 4. The standard InChI is InChI=1S/C38H46FN6O9P/c1-3-5-6-7-8-9-10-17-22-50-37(48)52-30-24-31(45-26-41-32-33(40)42-36(39)43-34(32)45)53-38(30,4-2)25-51-55(49,54-28-20-15-12-16-21-28)44-29(35(46)47)23-27-18-13-11-14-19-27/h2,11-16,18-21,26,29-31H,3,5-10,17,22-25H2,1H3,(H,44,49)(H,46,47)(H2,40,42,43)/t29-,30-,31+,38+,55-/m0/s1. The fourth-order valence-corrected chi connectivity index (χ4v) is 7.66. The minimum absolute atomic E-state index is 0.0234. The maximum atomic E-state index is 14.5. The van der Waals surface area contributed by atoms with Crippen molar-refractivity contribution in [3.8, 4) is 18.1 Å². The lowest BCUT2D eigenvalue weighted by molar-refractivity contribution is -0.139. The smallest absolute Gasteiger partial charge is 0.480 e. The zero-order valence-electron chi connectivity index (χ0n) is 30.6. The molecule has 0 unspecified atom stereocenters. The molecule has 2 aromatic carbocycles. The first kappa shape index (κ1) is 41.1. The maximum absolute atomic E-state index is 14.5. The number of ether oxygens (including phenoxy) is 3. The highest BCUT2D eigenvalue weighted by atomic mass is 31.2. The average molecular weight is 781 g/mol. The van der Waals surface area contributed by atoms with Gasteiger partial charge in [-0.05, 0) is 30.5 Å². The second-order valence-electron chi connectivity index (χ2n) is 13.1. The summed E-state index contributed by atoms with van der Waals surface area (Å²) >= 11 is 0. The molecule has 0 spiro atoms. The van der Waals surface area contributed by atoms with E-state index in [-0.39, 0.29) is 42.2 Å². The van der Waals surface area contributed by atoms with Crippen LogP contribution in [0.3, 0.4) is 0 Å². The van der Waals surface area contributed by atoms with Gasteiger partial charge >= 0.3 is 25.9 Å². The van der Waals surface area contributed by atoms with Gasteiger partial charge in [-0.15, -0.1) is 6.42 Å². The van der Waals surface area contributed by atoms with Crippen molar-refractivity contribution in [2.24, 2.45) is 0 Å². The number of fused-ring (bicyclic) bond motifs is 1. The number of unbranched alkanes of at least 4 members (excludes halogenated alkanes) is 7. The van der Waals surface area contributed by atoms with Crippen molar-refractivity contribution in [3.05, 3.63) is 78.6 Å². The highest BCUT2D eigenvalue weighted by Gasteiger charge is 2.53. The van der Waals surface area contributed by atoms with Gasteiger partial charge in [-0.1, -0.05) is 106 Å². The molecule has 2 aromatic heterocycles. The highest BCUT2D eigenvalue weighted by Crippen LogP contribution is 2.48. The van der Waals surface area contributed by atoms with Crippen LogP contribution in [0.1, 0.15) is 76.5 Å². The van der Waals surface area contributed by atoms with Crippen LogP contribution in [-0.2, 0) is 34.5 Å². The molecule has 3 heterocycles. The molecule has 5 rings (SSSR count). The van der Waals surface area contributed by atoms with Crippen LogP contribution >= 0.6 is 7.75 Å². The van der Waals surface area contributed by atoms with Crippen LogP contribution in [0.25, 0.3) is 11.2 Å². The largest absolute Gasteiger partial charge is 0.508 e. The Balaban J connectivity index is 1.37. The van der Waals surface area contributed by atoms with Gasteiger partial charge in [0, 0.05) is 6.42 Å². The van der Waals surface area contributed by atoms with Crippen LogP contribution in [-0.4, -0.2) is 67.7 Å². The van der Waals surface area contributed by atoms with Crippen molar-refractivity contribution in [3.63, 3.8) is 0 Å². The molecule has 1 aliphatic rings. The molecule has 4 aromatic rings. The number of rotatable bonds is 21. The number of terminal acetylenes is 1. The number of carboxylic acid groups (broad SMARTS) is 1. The van der Waals surface area contributed by atoms with Crippen LogP contribution in [0.15, 0.2) is 67.0 Å². The molecule has 17 heteroatoms. The summed E-state index contributed by atoms with van der Waals surface area (Å²) in [4.78, 5) is 37.0. The second kappa shape index (κ2) is 19.5. The van der Waals surface area contributed by atoms with Crippen molar-refractivity contribution in [2.75, 3.05) is 18.9 Å². The van der Waals surface area contributed by atoms with Gasteiger partial charge < -0.3 is 29.6 Å². The number of anilines is 1. The monoisotopic (exact) mass is 780 g/mol. The van der Waals surface area contributed by atoms with E-state index in [9.17, 15) is 23.7 Å². The number of nitrogens with two attached hydrogens (primary N) is 1. The summed E-state index contributed by atoms with van der Waals surface area (Å²) in [5.74, 6) is 1.05. The zero-order valence-corrected chi connectivity index (χ0v) is 31.4. The lowest BCUT2D eigenvalue weighted by atomic mass is 9.99. The number of nitrogens with zero attached hydrogens (tertiary/aromatic N) is 4. The number of para-hydroxylation sites is 1. The Labute approximate surface area is 318 Å². The van der Waals surface area contributed by atoms with Crippen molar-refractivity contribution >= 4 is 36.9 Å². The first-order chi connectivity index (χ1) is 26.5. The molecule has 4 N–H and O–H groups in total. The number of carbonyl (C=O) groups is 2. The molecule has 0 amide bonds. The van der Waals surface area contributed by atoms with Crippen molar-refractivity contribution < 1.29 is 46.9 Å². The molecule has 0 saturated carbocycles. The van der Waals surface area contributed by atoms with E-state index in [1.165, 1.54) is 42.3 Å². The maximum Gasteiger partial charge on any atom is 0.508 e. The molecule has 0 radical (unpaired) electrons. The van der Waals surface area contributed by atoms with Gasteiger partial charge in [-0.3, -0.25) is 13.9 Å². The molecule has 1 fully saturated rings. The minimum atomic E-state index is -4.61. The Morgan fingerprint density at radius 3 is 2.44 bits per heavy atom. The molecular weight excluding hydrogens is 734 g/mol. The van der Waals surface area contributed by atoms with Gasteiger partial charge in [-0.25, -0.2) is 14.3 Å². The third-order valence-electron chi connectivity index (χ3n) is 9.03. The molecule has 1 saturated heterocycles. The summed E-state index contributed by atoms with van der Waals surface area (Å²) < 4.78 is 59.3. The number of nitrogen functional groups attached to an aromatic ring is 1. The molecule has 294 valence electrons. The molecular formula is C38H46FN6O9P. The molecule has 1 aliphatic heterocycles. The van der Waals surface area contributed by atoms with Crippen molar-refractivity contribution in [1.82, 2.24) is 24.6 Å². The topological polar surface area (TPSA) is 199 Å². The van der Waals surface area contributed by atoms with E-state index >= 15 is 0 Å². The Bertz CT molecular complexity index is 1960. The first-order valence-corrected chi connectivity index (χ1v) is 19.8. The number of aliphatic carboxylic acids is 1. The lowest BCUT2D eigenvalue weighted by Crippen LogP contribution is -2.46. The number of benzene rings is 2. The van der Waals surface area contributed by atoms with E-state index < -0.39 is 56.5 Å². The van der Waals surface area contributed by atoms with Gasteiger partial charge in [0.25, 0.3) is 0 Å². The van der Waals surface area contributed by atoms with E-state index in [4.69, 9.17) is 35.4 Å². The van der Waals surface area contributed by atoms with Gasteiger partial charge in [-0.2, -0.15) is 19.4 Å². The Morgan fingerprint density at radius 1 is 1.09 bits per heavy atom. The van der Waals surface area contributed by atoms with Crippen molar-refractivity contribution in [1.29, 1.82) is 0 Å². The average Bonchev–Trinajstić information content (AvgIpc) is 3.75. The van der Waals surface area contributed by atoms with Gasteiger partial charge in [0.1, 0.15) is 24.6 Å². The normalized spacial score (nSPS) is 19.7. The number of hydrogen-bond acceptors (Lipinski definition) is 12. The summed E-state index contributed by atoms with van der Waals surface area (Å²) in [7, 11) is -4.61. The predicted molar refractivity (Wildman–Crippen MR) is 200 cm³/mol. The number of hydrogen-bond donors (Lipinski definition) is 3. The lowest BCUT2D eigenvalue weighted by Gasteiger charge is -2.31. The molecule has 15 nitrogen and oxygen atoms in total. The summed E-state index contributed by atoms with van der Waals surface area (Å²) in [5.41, 5.74) is 4.61. The Hall–Kier alpha value is -5.07. The Morgan fingerprint density at radius 2 is 1.76 bits per heavy atom. The summed E-state index contributed by atoms with van der Waals surface area (Å²) in [6.07, 6.45) is 11.0. The summed E-state index contributed by atoms with van der Waals surface area (Å²) in [6.45, 7) is 1.54. The predicted octanol–water partition coefficient (Wildman–Crippen LogP) is 6.99. The second-order valence-corrected chi connectivity index (χ2v) is 14.8. The minimum Gasteiger partial charge on any atom is -0.480 e. The number of carbonyl (C=O) groups excluding carboxylic acids is 1. The van der Waals surface area contributed by atoms with E-state index in [2.05, 4.69) is 32.9 Å². The third kappa shape index (κ3) is 11.2. The first-order valence-electron chi connectivity index (χ1n) is 18.2. The van der Waals surface area contributed by atoms with E-state index in [0.717, 1.165) is 25.7 Å².